The molecule has 0 unspecified atom stereocenters. The average molecular weight is 1010 g/mol. The van der Waals surface area contributed by atoms with Gasteiger partial charge in [0, 0.05) is 33.5 Å². The molecule has 79 heavy (non-hydrogen) atoms. The van der Waals surface area contributed by atoms with Gasteiger partial charge in [-0.1, -0.05) is 244 Å². The van der Waals surface area contributed by atoms with Crippen molar-refractivity contribution in [2.75, 3.05) is 4.90 Å². The molecule has 2 nitrogen and oxygen atoms in total. The molecule has 0 N–H and O–H groups in total. The van der Waals surface area contributed by atoms with Crippen LogP contribution in [0.3, 0.4) is 0 Å². The third-order valence-electron chi connectivity index (χ3n) is 16.2. The third-order valence-corrected chi connectivity index (χ3v) is 16.2. The number of nitrogens with zero attached hydrogens (tertiary/aromatic N) is 2. The van der Waals surface area contributed by atoms with Crippen molar-refractivity contribution in [3.63, 3.8) is 0 Å². The zero-order chi connectivity index (χ0) is 52.9. The maximum absolute atomic E-state index is 4.00. The first kappa shape index (κ1) is 47.2. The minimum atomic E-state index is -0.687. The van der Waals surface area contributed by atoms with Crippen LogP contribution in [0.4, 0.5) is 17.1 Å². The van der Waals surface area contributed by atoms with Gasteiger partial charge in [-0.15, -0.1) is 0 Å². The molecule has 1 aliphatic carbocycles. The van der Waals surface area contributed by atoms with Gasteiger partial charge in [0.1, 0.15) is 0 Å². The van der Waals surface area contributed by atoms with Crippen LogP contribution in [0.25, 0.3) is 95.3 Å². The normalized spacial score (nSPS) is 12.3. The van der Waals surface area contributed by atoms with E-state index in [-0.39, 0.29) is 0 Å². The minimum Gasteiger partial charge on any atom is -0.310 e. The van der Waals surface area contributed by atoms with Gasteiger partial charge in [-0.2, -0.15) is 0 Å². The van der Waals surface area contributed by atoms with Crippen LogP contribution in [0.2, 0.25) is 0 Å². The number of aromatic nitrogens is 1. The molecular formula is C77H54N2. The number of hydrogen-bond acceptors (Lipinski definition) is 1. The highest BCUT2D eigenvalue weighted by Crippen LogP contribution is 2.58. The number of rotatable bonds is 12. The van der Waals surface area contributed by atoms with E-state index in [9.17, 15) is 0 Å². The van der Waals surface area contributed by atoms with Crippen LogP contribution < -0.4 is 4.90 Å². The molecule has 0 radical (unpaired) electrons. The first-order valence-electron chi connectivity index (χ1n) is 27.1. The van der Waals surface area contributed by atoms with E-state index in [1.54, 1.807) is 0 Å². The van der Waals surface area contributed by atoms with E-state index >= 15 is 0 Å². The molecule has 372 valence electrons. The second-order valence-corrected chi connectivity index (χ2v) is 20.6. The molecule has 1 heterocycles. The van der Waals surface area contributed by atoms with Crippen LogP contribution in [0, 0.1) is 0 Å². The summed E-state index contributed by atoms with van der Waals surface area (Å²) in [5.74, 6) is 0. The molecule has 0 fully saturated rings. The summed E-state index contributed by atoms with van der Waals surface area (Å²) in [6.45, 7) is 8.01. The molecule has 0 saturated carbocycles. The van der Waals surface area contributed by atoms with Gasteiger partial charge < -0.3 is 9.47 Å². The van der Waals surface area contributed by atoms with Gasteiger partial charge in [0.15, 0.2) is 0 Å². The highest BCUT2D eigenvalue weighted by atomic mass is 15.1. The Labute approximate surface area is 462 Å². The summed E-state index contributed by atoms with van der Waals surface area (Å²) in [4.78, 5) is 2.42. The van der Waals surface area contributed by atoms with Crippen molar-refractivity contribution >= 4 is 51.0 Å². The Kier molecular flexibility index (Phi) is 11.8. The van der Waals surface area contributed by atoms with Crippen LogP contribution in [0.5, 0.6) is 0 Å². The maximum atomic E-state index is 4.00. The van der Waals surface area contributed by atoms with Gasteiger partial charge >= 0.3 is 0 Å². The molecule has 0 saturated heterocycles. The summed E-state index contributed by atoms with van der Waals surface area (Å²) < 4.78 is 2.48. The maximum Gasteiger partial charge on any atom is 0.0715 e. The molecule has 0 amide bonds. The van der Waals surface area contributed by atoms with Crippen molar-refractivity contribution in [3.05, 3.63) is 338 Å². The molecule has 2 heteroatoms. The third kappa shape index (κ3) is 8.13. The largest absolute Gasteiger partial charge is 0.310 e. The standard InChI is InChI=1S/C77H54N2/c1-3-53-25-29-59(30-26-53)61-37-47-75-71(49-61)72-50-62(60-31-27-54(4-2)28-32-60)38-48-76(72)79(75)68-44-46-70-69-45-43-67(51-73(69)77(74(70)52-68,63-21-13-7-14-22-63)64-23-15-8-16-24-64)78(65-39-33-57(34-40-65)55-17-9-5-10-18-55)66-41-35-58(36-42-66)56-19-11-6-12-20-56/h3-52H,1-2H2. The first-order chi connectivity index (χ1) is 39.0. The van der Waals surface area contributed by atoms with E-state index in [1.165, 1.54) is 88.7 Å². The molecule has 0 atom stereocenters. The predicted octanol–water partition coefficient (Wildman–Crippen LogP) is 20.6. The van der Waals surface area contributed by atoms with Crippen molar-refractivity contribution in [1.29, 1.82) is 0 Å². The number of fused-ring (bicyclic) bond motifs is 6. The van der Waals surface area contributed by atoms with E-state index < -0.39 is 5.41 Å². The van der Waals surface area contributed by atoms with Crippen molar-refractivity contribution in [2.24, 2.45) is 0 Å². The van der Waals surface area contributed by atoms with Crippen LogP contribution in [0.15, 0.2) is 304 Å². The van der Waals surface area contributed by atoms with Gasteiger partial charge in [0.25, 0.3) is 0 Å². The zero-order valence-electron chi connectivity index (χ0n) is 43.7. The second-order valence-electron chi connectivity index (χ2n) is 20.6. The lowest BCUT2D eigenvalue weighted by Gasteiger charge is -2.35. The smallest absolute Gasteiger partial charge is 0.0715 e. The summed E-state index contributed by atoms with van der Waals surface area (Å²) in [7, 11) is 0. The molecule has 0 spiro atoms. The van der Waals surface area contributed by atoms with Crippen molar-refractivity contribution in [2.45, 2.75) is 5.41 Å². The van der Waals surface area contributed by atoms with Crippen molar-refractivity contribution in [1.82, 2.24) is 4.57 Å². The summed E-state index contributed by atoms with van der Waals surface area (Å²) >= 11 is 0. The Hall–Kier alpha value is -10.3. The van der Waals surface area contributed by atoms with Crippen LogP contribution >= 0.6 is 0 Å². The van der Waals surface area contributed by atoms with Crippen molar-refractivity contribution < 1.29 is 0 Å². The van der Waals surface area contributed by atoms with E-state index in [2.05, 4.69) is 314 Å². The summed E-state index contributed by atoms with van der Waals surface area (Å²) in [5, 5.41) is 2.40. The lowest BCUT2D eigenvalue weighted by atomic mass is 9.67. The van der Waals surface area contributed by atoms with Crippen LogP contribution in [-0.4, -0.2) is 4.57 Å². The minimum absolute atomic E-state index is 0.687. The molecule has 0 aliphatic heterocycles. The van der Waals surface area contributed by atoms with E-state index in [0.717, 1.165) is 44.9 Å². The topological polar surface area (TPSA) is 8.17 Å². The highest BCUT2D eigenvalue weighted by Gasteiger charge is 2.47. The Balaban J connectivity index is 0.977. The van der Waals surface area contributed by atoms with E-state index in [1.807, 2.05) is 12.2 Å². The Morgan fingerprint density at radius 2 is 0.658 bits per heavy atom. The number of anilines is 3. The van der Waals surface area contributed by atoms with Gasteiger partial charge in [-0.25, -0.2) is 0 Å². The van der Waals surface area contributed by atoms with Crippen molar-refractivity contribution in [3.8, 4) is 61.3 Å². The quantitative estimate of drug-likeness (QED) is 0.118. The van der Waals surface area contributed by atoms with Gasteiger partial charge in [-0.3, -0.25) is 0 Å². The van der Waals surface area contributed by atoms with E-state index in [4.69, 9.17) is 0 Å². The SMILES string of the molecule is C=Cc1ccc(-c2ccc3c(c2)c2cc(-c4ccc(C=C)cc4)ccc2n3-c2ccc3c(c2)C(c2ccccc2)(c2ccccc2)c2cc(N(c4ccc(-c5ccccc5)cc4)c4ccc(-c5ccccc5)cc4)ccc2-3)cc1. The molecule has 1 aliphatic rings. The molecule has 13 aromatic rings. The summed E-state index contributed by atoms with van der Waals surface area (Å²) in [6.07, 6.45) is 3.80. The number of hydrogen-bond donors (Lipinski definition) is 0. The predicted molar refractivity (Wildman–Crippen MR) is 335 cm³/mol. The molecule has 0 bridgehead atoms. The molecule has 1 aromatic heterocycles. The fraction of sp³-hybridized carbons (Fsp3) is 0.0130. The lowest BCUT2D eigenvalue weighted by molar-refractivity contribution is 0.767. The fourth-order valence-electron chi connectivity index (χ4n) is 12.3. The van der Waals surface area contributed by atoms with Crippen LogP contribution in [-0.2, 0) is 5.41 Å². The fourth-order valence-corrected chi connectivity index (χ4v) is 12.3. The Morgan fingerprint density at radius 3 is 1.10 bits per heavy atom. The monoisotopic (exact) mass is 1010 g/mol. The summed E-state index contributed by atoms with van der Waals surface area (Å²) in [6, 6.07) is 107. The zero-order valence-corrected chi connectivity index (χ0v) is 43.7. The molecule has 14 rings (SSSR count). The first-order valence-corrected chi connectivity index (χ1v) is 27.1. The molecule has 12 aromatic carbocycles. The lowest BCUT2D eigenvalue weighted by Crippen LogP contribution is -2.29. The van der Waals surface area contributed by atoms with Gasteiger partial charge in [-0.05, 0) is 162 Å². The van der Waals surface area contributed by atoms with Gasteiger partial charge in [0.2, 0.25) is 0 Å². The summed E-state index contributed by atoms with van der Waals surface area (Å²) in [5.41, 5.74) is 24.9. The average Bonchev–Trinajstić information content (AvgIpc) is 3.73. The van der Waals surface area contributed by atoms with E-state index in [0.29, 0.717) is 0 Å². The van der Waals surface area contributed by atoms with Crippen LogP contribution in [0.1, 0.15) is 33.4 Å². The van der Waals surface area contributed by atoms with Gasteiger partial charge in [0.05, 0.1) is 16.4 Å². The Bertz CT molecular complexity index is 4150. The highest BCUT2D eigenvalue weighted by molar-refractivity contribution is 6.12. The number of benzene rings is 12. The second kappa shape index (κ2) is 19.7. The Morgan fingerprint density at radius 1 is 0.304 bits per heavy atom. The molecular weight excluding hydrogens is 953 g/mol.